The molecule has 2 aromatic heterocycles. The SMILES string of the molecule is Oc1cccc(CNc2cnc(Cl)c(-c3ccncc3)c2)c1. The minimum atomic E-state index is 0.256. The van der Waals surface area contributed by atoms with Crippen molar-refractivity contribution in [2.75, 3.05) is 5.32 Å². The smallest absolute Gasteiger partial charge is 0.136 e. The molecule has 1 aromatic carbocycles. The lowest BCUT2D eigenvalue weighted by Crippen LogP contribution is -2.00. The van der Waals surface area contributed by atoms with Crippen LogP contribution in [0.1, 0.15) is 5.56 Å². The van der Waals surface area contributed by atoms with Crippen LogP contribution in [-0.2, 0) is 6.54 Å². The summed E-state index contributed by atoms with van der Waals surface area (Å²) >= 11 is 6.18. The molecule has 3 rings (SSSR count). The van der Waals surface area contributed by atoms with Gasteiger partial charge in [-0.3, -0.25) is 4.98 Å². The van der Waals surface area contributed by atoms with Crippen molar-refractivity contribution in [3.8, 4) is 16.9 Å². The standard InChI is InChI=1S/C17H14ClN3O/c18-17-16(13-4-6-19-7-5-13)9-14(11-21-17)20-10-12-2-1-3-15(22)8-12/h1-9,11,20,22H,10H2. The fourth-order valence-corrected chi connectivity index (χ4v) is 2.36. The first kappa shape index (κ1) is 14.4. The summed E-state index contributed by atoms with van der Waals surface area (Å²) in [4.78, 5) is 8.22. The number of hydrogen-bond acceptors (Lipinski definition) is 4. The number of benzene rings is 1. The van der Waals surface area contributed by atoms with Gasteiger partial charge in [0.1, 0.15) is 10.9 Å². The van der Waals surface area contributed by atoms with Crippen molar-refractivity contribution >= 4 is 17.3 Å². The molecule has 3 aromatic rings. The third-order valence-corrected chi connectivity index (χ3v) is 3.54. The van der Waals surface area contributed by atoms with Gasteiger partial charge in [0.2, 0.25) is 0 Å². The predicted octanol–water partition coefficient (Wildman–Crippen LogP) is 4.11. The minimum absolute atomic E-state index is 0.256. The Hall–Kier alpha value is -2.59. The molecule has 0 fully saturated rings. The number of pyridine rings is 2. The Kier molecular flexibility index (Phi) is 4.21. The number of aromatic nitrogens is 2. The predicted molar refractivity (Wildman–Crippen MR) is 87.9 cm³/mol. The van der Waals surface area contributed by atoms with Gasteiger partial charge < -0.3 is 10.4 Å². The lowest BCUT2D eigenvalue weighted by molar-refractivity contribution is 0.474. The molecule has 0 spiro atoms. The first-order chi connectivity index (χ1) is 10.7. The largest absolute Gasteiger partial charge is 0.508 e. The van der Waals surface area contributed by atoms with Gasteiger partial charge in [-0.05, 0) is 41.5 Å². The third kappa shape index (κ3) is 3.35. The van der Waals surface area contributed by atoms with Crippen LogP contribution in [0.5, 0.6) is 5.75 Å². The molecule has 0 saturated heterocycles. The number of nitrogens with one attached hydrogen (secondary N) is 1. The summed E-state index contributed by atoms with van der Waals surface area (Å²) < 4.78 is 0. The second kappa shape index (κ2) is 6.45. The molecule has 0 atom stereocenters. The van der Waals surface area contributed by atoms with E-state index < -0.39 is 0 Å². The molecular formula is C17H14ClN3O. The Balaban J connectivity index is 1.81. The van der Waals surface area contributed by atoms with Gasteiger partial charge in [0.25, 0.3) is 0 Å². The van der Waals surface area contributed by atoms with Crippen LogP contribution in [-0.4, -0.2) is 15.1 Å². The van der Waals surface area contributed by atoms with E-state index in [4.69, 9.17) is 11.6 Å². The average molecular weight is 312 g/mol. The van der Waals surface area contributed by atoms with Gasteiger partial charge >= 0.3 is 0 Å². The molecule has 0 radical (unpaired) electrons. The van der Waals surface area contributed by atoms with E-state index in [0.29, 0.717) is 11.7 Å². The second-order valence-corrected chi connectivity index (χ2v) is 5.18. The van der Waals surface area contributed by atoms with E-state index in [2.05, 4.69) is 15.3 Å². The van der Waals surface area contributed by atoms with E-state index in [1.807, 2.05) is 30.3 Å². The van der Waals surface area contributed by atoms with E-state index in [0.717, 1.165) is 22.4 Å². The molecule has 0 unspecified atom stereocenters. The molecule has 0 aliphatic rings. The van der Waals surface area contributed by atoms with Gasteiger partial charge in [-0.1, -0.05) is 23.7 Å². The molecule has 0 saturated carbocycles. The quantitative estimate of drug-likeness (QED) is 0.712. The summed E-state index contributed by atoms with van der Waals surface area (Å²) in [5.74, 6) is 0.256. The number of phenols is 1. The summed E-state index contributed by atoms with van der Waals surface area (Å²) in [7, 11) is 0. The molecule has 4 nitrogen and oxygen atoms in total. The van der Waals surface area contributed by atoms with Gasteiger partial charge in [-0.2, -0.15) is 0 Å². The molecule has 2 N–H and O–H groups in total. The summed E-state index contributed by atoms with van der Waals surface area (Å²) in [6, 6.07) is 12.9. The highest BCUT2D eigenvalue weighted by molar-refractivity contribution is 6.32. The van der Waals surface area contributed by atoms with Crippen LogP contribution >= 0.6 is 11.6 Å². The average Bonchev–Trinajstić information content (AvgIpc) is 2.55. The maximum atomic E-state index is 9.48. The molecule has 22 heavy (non-hydrogen) atoms. The highest BCUT2D eigenvalue weighted by Crippen LogP contribution is 2.28. The van der Waals surface area contributed by atoms with Crippen molar-refractivity contribution in [3.05, 3.63) is 71.8 Å². The van der Waals surface area contributed by atoms with Gasteiger partial charge in [0, 0.05) is 24.5 Å². The maximum Gasteiger partial charge on any atom is 0.136 e. The molecule has 5 heteroatoms. The molecule has 0 bridgehead atoms. The highest BCUT2D eigenvalue weighted by atomic mass is 35.5. The Morgan fingerprint density at radius 3 is 2.68 bits per heavy atom. The number of anilines is 1. The van der Waals surface area contributed by atoms with Crippen LogP contribution in [0.3, 0.4) is 0 Å². The van der Waals surface area contributed by atoms with Crippen molar-refractivity contribution in [2.45, 2.75) is 6.54 Å². The van der Waals surface area contributed by atoms with E-state index in [-0.39, 0.29) is 5.75 Å². The number of rotatable bonds is 4. The number of aromatic hydroxyl groups is 1. The Morgan fingerprint density at radius 1 is 1.09 bits per heavy atom. The van der Waals surface area contributed by atoms with Gasteiger partial charge in [-0.15, -0.1) is 0 Å². The van der Waals surface area contributed by atoms with Crippen LogP contribution in [0.25, 0.3) is 11.1 Å². The monoisotopic (exact) mass is 311 g/mol. The summed E-state index contributed by atoms with van der Waals surface area (Å²) in [5, 5.41) is 13.2. The van der Waals surface area contributed by atoms with E-state index in [1.165, 1.54) is 0 Å². The Labute approximate surface area is 133 Å². The summed E-state index contributed by atoms with van der Waals surface area (Å²) in [6.45, 7) is 0.591. The van der Waals surface area contributed by atoms with Crippen molar-refractivity contribution in [3.63, 3.8) is 0 Å². The first-order valence-corrected chi connectivity index (χ1v) is 7.18. The van der Waals surface area contributed by atoms with Gasteiger partial charge in [0.15, 0.2) is 0 Å². The van der Waals surface area contributed by atoms with Crippen LogP contribution in [0.4, 0.5) is 5.69 Å². The topological polar surface area (TPSA) is 58.0 Å². The Morgan fingerprint density at radius 2 is 1.91 bits per heavy atom. The van der Waals surface area contributed by atoms with Crippen molar-refractivity contribution in [1.29, 1.82) is 0 Å². The number of halogens is 1. The van der Waals surface area contributed by atoms with Crippen LogP contribution < -0.4 is 5.32 Å². The minimum Gasteiger partial charge on any atom is -0.508 e. The van der Waals surface area contributed by atoms with Gasteiger partial charge in [-0.25, -0.2) is 4.98 Å². The Bertz CT molecular complexity index is 778. The molecule has 0 amide bonds. The number of phenolic OH excluding ortho intramolecular Hbond substituents is 1. The second-order valence-electron chi connectivity index (χ2n) is 4.82. The number of hydrogen-bond donors (Lipinski definition) is 2. The van der Waals surface area contributed by atoms with Crippen LogP contribution in [0.15, 0.2) is 61.1 Å². The fraction of sp³-hybridized carbons (Fsp3) is 0.0588. The van der Waals surface area contributed by atoms with Crippen molar-refractivity contribution < 1.29 is 5.11 Å². The van der Waals surface area contributed by atoms with Crippen LogP contribution in [0.2, 0.25) is 5.15 Å². The van der Waals surface area contributed by atoms with Crippen molar-refractivity contribution in [2.24, 2.45) is 0 Å². The fourth-order valence-electron chi connectivity index (χ4n) is 2.15. The lowest BCUT2D eigenvalue weighted by Gasteiger charge is -2.10. The van der Waals surface area contributed by atoms with E-state index in [1.54, 1.807) is 30.7 Å². The zero-order chi connectivity index (χ0) is 15.4. The normalized spacial score (nSPS) is 10.4. The summed E-state index contributed by atoms with van der Waals surface area (Å²) in [6.07, 6.45) is 5.13. The lowest BCUT2D eigenvalue weighted by atomic mass is 10.1. The molecule has 0 aliphatic carbocycles. The third-order valence-electron chi connectivity index (χ3n) is 3.24. The molecular weight excluding hydrogens is 298 g/mol. The van der Waals surface area contributed by atoms with Crippen LogP contribution in [0, 0.1) is 0 Å². The highest BCUT2D eigenvalue weighted by Gasteiger charge is 2.06. The molecule has 2 heterocycles. The first-order valence-electron chi connectivity index (χ1n) is 6.80. The molecule has 110 valence electrons. The van der Waals surface area contributed by atoms with Crippen molar-refractivity contribution in [1.82, 2.24) is 9.97 Å². The molecule has 0 aliphatic heterocycles. The van der Waals surface area contributed by atoms with E-state index >= 15 is 0 Å². The van der Waals surface area contributed by atoms with E-state index in [9.17, 15) is 5.11 Å². The number of nitrogens with zero attached hydrogens (tertiary/aromatic N) is 2. The zero-order valence-corrected chi connectivity index (χ0v) is 12.5. The summed E-state index contributed by atoms with van der Waals surface area (Å²) in [5.41, 5.74) is 3.67. The maximum absolute atomic E-state index is 9.48. The van der Waals surface area contributed by atoms with Gasteiger partial charge in [0.05, 0.1) is 11.9 Å². The zero-order valence-electron chi connectivity index (χ0n) is 11.7.